The third kappa shape index (κ3) is 2.41. The second kappa shape index (κ2) is 6.08. The zero-order chi connectivity index (χ0) is 17.7. The summed E-state index contributed by atoms with van der Waals surface area (Å²) in [6, 6.07) is 17.0. The van der Waals surface area contributed by atoms with E-state index >= 15 is 0 Å². The number of hydrogen-bond acceptors (Lipinski definition) is 3. The Labute approximate surface area is 157 Å². The van der Waals surface area contributed by atoms with Gasteiger partial charge in [-0.25, -0.2) is 0 Å². The number of carbonyl (C=O) groups is 1. The van der Waals surface area contributed by atoms with Crippen LogP contribution in [0.1, 0.15) is 11.1 Å². The highest BCUT2D eigenvalue weighted by Crippen LogP contribution is 2.51. The van der Waals surface area contributed by atoms with Crippen LogP contribution in [0.25, 0.3) is 26.1 Å². The van der Waals surface area contributed by atoms with Gasteiger partial charge in [-0.3, -0.25) is 4.79 Å². The molecule has 2 aliphatic rings. The Bertz CT molecular complexity index is 1040. The number of likely N-dealkylation sites (N-methyl/N-ethyl adjacent to an activating group) is 1. The number of hydrogen-bond donors (Lipinski definition) is 0. The fraction of sp³-hybridized carbons (Fsp3) is 0.227. The number of thiophene rings is 1. The first-order chi connectivity index (χ1) is 12.7. The molecule has 26 heavy (non-hydrogen) atoms. The van der Waals surface area contributed by atoms with Gasteiger partial charge in [0.05, 0.1) is 0 Å². The molecule has 5 rings (SSSR count). The predicted octanol–water partition coefficient (Wildman–Crippen LogP) is 4.09. The first kappa shape index (κ1) is 15.8. The maximum Gasteiger partial charge on any atom is 0.247 e. The molecule has 1 aliphatic carbocycles. The van der Waals surface area contributed by atoms with E-state index in [1.54, 1.807) is 0 Å². The third-order valence-corrected chi connectivity index (χ3v) is 6.61. The van der Waals surface area contributed by atoms with Crippen molar-refractivity contribution in [2.75, 3.05) is 33.2 Å². The fourth-order valence-corrected chi connectivity index (χ4v) is 5.20. The van der Waals surface area contributed by atoms with Crippen molar-refractivity contribution in [3.05, 3.63) is 65.7 Å². The molecule has 2 heterocycles. The van der Waals surface area contributed by atoms with Crippen molar-refractivity contribution in [2.45, 2.75) is 0 Å². The Morgan fingerprint density at radius 2 is 1.65 bits per heavy atom. The Kier molecular flexibility index (Phi) is 3.69. The van der Waals surface area contributed by atoms with Gasteiger partial charge in [-0.1, -0.05) is 42.5 Å². The monoisotopic (exact) mass is 360 g/mol. The zero-order valence-corrected chi connectivity index (χ0v) is 15.6. The molecule has 0 atom stereocenters. The van der Waals surface area contributed by atoms with Crippen molar-refractivity contribution in [1.29, 1.82) is 0 Å². The summed E-state index contributed by atoms with van der Waals surface area (Å²) in [7, 11) is 2.11. The lowest BCUT2D eigenvalue weighted by Crippen LogP contribution is -2.46. The van der Waals surface area contributed by atoms with Crippen LogP contribution in [0.15, 0.2) is 54.6 Å². The Morgan fingerprint density at radius 3 is 2.46 bits per heavy atom. The van der Waals surface area contributed by atoms with Crippen LogP contribution in [-0.4, -0.2) is 48.9 Å². The largest absolute Gasteiger partial charge is 0.337 e. The maximum atomic E-state index is 13.0. The highest BCUT2D eigenvalue weighted by Gasteiger charge is 2.29. The van der Waals surface area contributed by atoms with Crippen LogP contribution in [0.2, 0.25) is 0 Å². The summed E-state index contributed by atoms with van der Waals surface area (Å²) >= 11 is 1.82. The predicted molar refractivity (Wildman–Crippen MR) is 108 cm³/mol. The second-order valence-electron chi connectivity index (χ2n) is 7.03. The first-order valence-electron chi connectivity index (χ1n) is 9.03. The quantitative estimate of drug-likeness (QED) is 0.478. The van der Waals surface area contributed by atoms with Gasteiger partial charge >= 0.3 is 0 Å². The summed E-state index contributed by atoms with van der Waals surface area (Å²) < 4.78 is 1.28. The van der Waals surface area contributed by atoms with Crippen molar-refractivity contribution >= 4 is 32.9 Å². The zero-order valence-electron chi connectivity index (χ0n) is 14.7. The van der Waals surface area contributed by atoms with Crippen molar-refractivity contribution in [1.82, 2.24) is 9.80 Å². The number of piperazine rings is 1. The highest BCUT2D eigenvalue weighted by atomic mass is 32.1. The highest BCUT2D eigenvalue weighted by molar-refractivity contribution is 7.22. The van der Waals surface area contributed by atoms with Crippen molar-refractivity contribution in [3.63, 3.8) is 0 Å². The first-order valence-corrected chi connectivity index (χ1v) is 9.85. The number of fused-ring (bicyclic) bond motifs is 5. The van der Waals surface area contributed by atoms with Gasteiger partial charge in [0.15, 0.2) is 0 Å². The summed E-state index contributed by atoms with van der Waals surface area (Å²) in [5, 5.41) is 1.25. The molecule has 1 saturated heterocycles. The molecule has 2 aromatic carbocycles. The SMILES string of the molecule is CN1CCN(C(=O)/C=C2/c3ccccc3-c3sc4ccccc4c32)CC1. The molecule has 1 aliphatic heterocycles. The van der Waals surface area contributed by atoms with Crippen molar-refractivity contribution < 1.29 is 4.79 Å². The number of amides is 1. The molecular formula is C22H20N2OS. The van der Waals surface area contributed by atoms with E-state index in [0.29, 0.717) is 0 Å². The van der Waals surface area contributed by atoms with Gasteiger partial charge in [0, 0.05) is 58.3 Å². The minimum Gasteiger partial charge on any atom is -0.337 e. The van der Waals surface area contributed by atoms with E-state index in [1.807, 2.05) is 22.3 Å². The van der Waals surface area contributed by atoms with Crippen LogP contribution in [-0.2, 0) is 4.79 Å². The van der Waals surface area contributed by atoms with Gasteiger partial charge in [0.1, 0.15) is 0 Å². The molecule has 0 saturated carbocycles. The number of nitrogens with zero attached hydrogens (tertiary/aromatic N) is 2. The molecule has 0 radical (unpaired) electrons. The van der Waals surface area contributed by atoms with E-state index in [-0.39, 0.29) is 5.91 Å². The Balaban J connectivity index is 1.64. The molecule has 1 fully saturated rings. The van der Waals surface area contributed by atoms with Crippen LogP contribution in [0.5, 0.6) is 0 Å². The van der Waals surface area contributed by atoms with Gasteiger partial charge in [-0.2, -0.15) is 0 Å². The minimum absolute atomic E-state index is 0.131. The van der Waals surface area contributed by atoms with Gasteiger partial charge < -0.3 is 9.80 Å². The number of benzene rings is 2. The lowest BCUT2D eigenvalue weighted by Gasteiger charge is -2.31. The number of rotatable bonds is 1. The van der Waals surface area contributed by atoms with Crippen molar-refractivity contribution in [3.8, 4) is 10.4 Å². The summed E-state index contributed by atoms with van der Waals surface area (Å²) in [6.07, 6.45) is 1.87. The molecule has 130 valence electrons. The fourth-order valence-electron chi connectivity index (χ4n) is 3.94. The molecular weight excluding hydrogens is 340 g/mol. The molecule has 0 unspecified atom stereocenters. The van der Waals surface area contributed by atoms with Crippen LogP contribution >= 0.6 is 11.3 Å². The van der Waals surface area contributed by atoms with E-state index in [1.165, 1.54) is 31.7 Å². The van der Waals surface area contributed by atoms with Crippen LogP contribution in [0, 0.1) is 0 Å². The molecule has 3 nitrogen and oxygen atoms in total. The lowest BCUT2D eigenvalue weighted by molar-refractivity contribution is -0.127. The molecule has 3 aromatic rings. The minimum atomic E-state index is 0.131. The van der Waals surface area contributed by atoms with Crippen LogP contribution in [0.3, 0.4) is 0 Å². The third-order valence-electron chi connectivity index (χ3n) is 5.41. The summed E-state index contributed by atoms with van der Waals surface area (Å²) in [5.74, 6) is 0.131. The van der Waals surface area contributed by atoms with E-state index in [4.69, 9.17) is 0 Å². The van der Waals surface area contributed by atoms with Gasteiger partial charge in [-0.05, 0) is 24.3 Å². The van der Waals surface area contributed by atoms with E-state index in [2.05, 4.69) is 60.5 Å². The number of carbonyl (C=O) groups excluding carboxylic acids is 1. The van der Waals surface area contributed by atoms with E-state index < -0.39 is 0 Å². The van der Waals surface area contributed by atoms with Gasteiger partial charge in [-0.15, -0.1) is 11.3 Å². The Morgan fingerprint density at radius 1 is 0.962 bits per heavy atom. The molecule has 0 bridgehead atoms. The molecule has 1 aromatic heterocycles. The van der Waals surface area contributed by atoms with Gasteiger partial charge in [0.25, 0.3) is 0 Å². The standard InChI is InChI=1S/C22H20N2OS/c1-23-10-12-24(13-11-23)20(25)14-18-15-6-2-3-7-16(15)22-21(18)17-8-4-5-9-19(17)26-22/h2-9,14H,10-13H2,1H3/b18-14-. The second-order valence-corrected chi connectivity index (χ2v) is 8.09. The topological polar surface area (TPSA) is 23.6 Å². The van der Waals surface area contributed by atoms with E-state index in [0.717, 1.165) is 31.8 Å². The molecule has 1 amide bonds. The average Bonchev–Trinajstić information content (AvgIpc) is 3.18. The van der Waals surface area contributed by atoms with Crippen LogP contribution < -0.4 is 0 Å². The summed E-state index contributed by atoms with van der Waals surface area (Å²) in [5.41, 5.74) is 4.74. The molecule has 0 spiro atoms. The van der Waals surface area contributed by atoms with Crippen molar-refractivity contribution in [2.24, 2.45) is 0 Å². The van der Waals surface area contributed by atoms with Gasteiger partial charge in [0.2, 0.25) is 5.91 Å². The summed E-state index contributed by atoms with van der Waals surface area (Å²) in [4.78, 5) is 18.5. The van der Waals surface area contributed by atoms with E-state index in [9.17, 15) is 4.79 Å². The lowest BCUT2D eigenvalue weighted by atomic mass is 10.0. The normalized spacial score (nSPS) is 18.3. The molecule has 4 heteroatoms. The average molecular weight is 360 g/mol. The maximum absolute atomic E-state index is 13.0. The smallest absolute Gasteiger partial charge is 0.247 e. The molecule has 0 N–H and O–H groups in total. The summed E-state index contributed by atoms with van der Waals surface area (Å²) in [6.45, 7) is 3.49. The Hall–Kier alpha value is -2.43. The van der Waals surface area contributed by atoms with Crippen LogP contribution in [0.4, 0.5) is 0 Å².